The standard InChI is InChI=1S/C25H28F3N5O4/c1-14-13-33(8-7-31(14)2)21-11-19(26)16(15-3-5-32(6-4-15)25(36)37)9-20(21)30-24(35)18-12-29-22(34)10-17(18)23(27)28/h3,9-12,14,23H,4-8,13H2,1-2H3,(H,29,34)(H,30,35)(H,36,37)/t14-/m1/s1. The summed E-state index contributed by atoms with van der Waals surface area (Å²) < 4.78 is 42.5. The van der Waals surface area contributed by atoms with Crippen LogP contribution in [0, 0.1) is 5.82 Å². The van der Waals surface area contributed by atoms with Gasteiger partial charge in [-0.2, -0.15) is 0 Å². The molecule has 37 heavy (non-hydrogen) atoms. The van der Waals surface area contributed by atoms with Gasteiger partial charge in [-0.05, 0) is 38.1 Å². The van der Waals surface area contributed by atoms with E-state index in [0.717, 1.165) is 6.20 Å². The molecule has 1 fully saturated rings. The minimum Gasteiger partial charge on any atom is -0.465 e. The number of benzene rings is 1. The molecule has 9 nitrogen and oxygen atoms in total. The number of carbonyl (C=O) groups excluding carboxylic acids is 1. The zero-order valence-electron chi connectivity index (χ0n) is 20.4. The zero-order chi connectivity index (χ0) is 26.9. The summed E-state index contributed by atoms with van der Waals surface area (Å²) in [5.74, 6) is -1.41. The zero-order valence-corrected chi connectivity index (χ0v) is 20.4. The Bertz CT molecular complexity index is 1300. The van der Waals surface area contributed by atoms with Crippen molar-refractivity contribution >= 4 is 28.9 Å². The molecule has 2 amide bonds. The van der Waals surface area contributed by atoms with Gasteiger partial charge in [-0.3, -0.25) is 9.59 Å². The van der Waals surface area contributed by atoms with Gasteiger partial charge in [0.1, 0.15) is 5.82 Å². The highest BCUT2D eigenvalue weighted by Gasteiger charge is 2.27. The van der Waals surface area contributed by atoms with Crippen molar-refractivity contribution in [2.75, 3.05) is 50.0 Å². The highest BCUT2D eigenvalue weighted by atomic mass is 19.3. The van der Waals surface area contributed by atoms with E-state index in [9.17, 15) is 28.3 Å². The van der Waals surface area contributed by atoms with Crippen LogP contribution in [0.25, 0.3) is 5.57 Å². The number of aromatic nitrogens is 1. The molecule has 3 N–H and O–H groups in total. The van der Waals surface area contributed by atoms with E-state index in [4.69, 9.17) is 0 Å². The monoisotopic (exact) mass is 519 g/mol. The summed E-state index contributed by atoms with van der Waals surface area (Å²) >= 11 is 0. The fraction of sp³-hybridized carbons (Fsp3) is 0.400. The number of likely N-dealkylation sites (N-methyl/N-ethyl adjacent to an activating group) is 1. The number of nitrogens with one attached hydrogen (secondary N) is 2. The van der Waals surface area contributed by atoms with Crippen LogP contribution in [0.15, 0.2) is 35.3 Å². The summed E-state index contributed by atoms with van der Waals surface area (Å²) in [5, 5.41) is 11.8. The van der Waals surface area contributed by atoms with Gasteiger partial charge in [0, 0.05) is 62.2 Å². The molecule has 2 aliphatic rings. The number of hydrogen-bond donors (Lipinski definition) is 3. The van der Waals surface area contributed by atoms with Gasteiger partial charge in [-0.15, -0.1) is 0 Å². The van der Waals surface area contributed by atoms with Crippen LogP contribution in [0.3, 0.4) is 0 Å². The topological polar surface area (TPSA) is 109 Å². The second-order valence-electron chi connectivity index (χ2n) is 9.25. The number of rotatable bonds is 5. The number of alkyl halides is 2. The van der Waals surface area contributed by atoms with E-state index in [1.807, 2.05) is 18.9 Å². The first-order chi connectivity index (χ1) is 17.5. The molecule has 12 heteroatoms. The van der Waals surface area contributed by atoms with E-state index in [0.29, 0.717) is 37.0 Å². The Morgan fingerprint density at radius 1 is 1.19 bits per heavy atom. The van der Waals surface area contributed by atoms with Crippen LogP contribution in [0.4, 0.5) is 29.3 Å². The van der Waals surface area contributed by atoms with Gasteiger partial charge >= 0.3 is 6.09 Å². The Morgan fingerprint density at radius 3 is 2.57 bits per heavy atom. The number of pyridine rings is 1. The Hall–Kier alpha value is -3.80. The van der Waals surface area contributed by atoms with Gasteiger partial charge < -0.3 is 30.1 Å². The summed E-state index contributed by atoms with van der Waals surface area (Å²) in [4.78, 5) is 43.4. The smallest absolute Gasteiger partial charge is 0.407 e. The first-order valence-corrected chi connectivity index (χ1v) is 11.8. The molecule has 0 spiro atoms. The fourth-order valence-corrected chi connectivity index (χ4v) is 4.58. The minimum atomic E-state index is -3.05. The SMILES string of the molecule is C[C@@H]1CN(c2cc(F)c(C3=CCN(C(=O)O)CC3)cc2NC(=O)c2c[nH]c(=O)cc2C(F)F)CCN1C. The van der Waals surface area contributed by atoms with E-state index in [2.05, 4.69) is 15.2 Å². The molecule has 0 bridgehead atoms. The van der Waals surface area contributed by atoms with Crippen molar-refractivity contribution < 1.29 is 27.9 Å². The molecule has 0 radical (unpaired) electrons. The van der Waals surface area contributed by atoms with Crippen LogP contribution in [0.1, 0.15) is 41.3 Å². The first-order valence-electron chi connectivity index (χ1n) is 11.8. The molecule has 1 saturated heterocycles. The van der Waals surface area contributed by atoms with Gasteiger partial charge in [-0.25, -0.2) is 18.0 Å². The van der Waals surface area contributed by atoms with E-state index >= 15 is 4.39 Å². The van der Waals surface area contributed by atoms with Crippen LogP contribution < -0.4 is 15.8 Å². The first kappa shape index (κ1) is 26.3. The number of H-pyrrole nitrogens is 1. The number of carboxylic acid groups (broad SMARTS) is 1. The average molecular weight is 520 g/mol. The van der Waals surface area contributed by atoms with E-state index in [1.54, 1.807) is 6.08 Å². The predicted octanol–water partition coefficient (Wildman–Crippen LogP) is 3.61. The number of piperazine rings is 1. The second-order valence-corrected chi connectivity index (χ2v) is 9.25. The van der Waals surface area contributed by atoms with Gasteiger partial charge in [0.05, 0.1) is 16.9 Å². The number of nitrogens with zero attached hydrogens (tertiary/aromatic N) is 3. The van der Waals surface area contributed by atoms with Crippen LogP contribution in [-0.2, 0) is 0 Å². The molecule has 1 aromatic carbocycles. The van der Waals surface area contributed by atoms with Crippen LogP contribution in [0.2, 0.25) is 0 Å². The molecule has 0 saturated carbocycles. The van der Waals surface area contributed by atoms with E-state index < -0.39 is 40.9 Å². The van der Waals surface area contributed by atoms with Crippen LogP contribution >= 0.6 is 0 Å². The lowest BCUT2D eigenvalue weighted by molar-refractivity contribution is 0.101. The maximum atomic E-state index is 15.4. The summed E-state index contributed by atoms with van der Waals surface area (Å²) in [6.07, 6.45) is -1.29. The average Bonchev–Trinajstić information content (AvgIpc) is 2.86. The Balaban J connectivity index is 1.74. The maximum Gasteiger partial charge on any atom is 0.407 e. The molecule has 2 aliphatic heterocycles. The van der Waals surface area contributed by atoms with Crippen molar-refractivity contribution in [3.63, 3.8) is 0 Å². The number of aromatic amines is 1. The number of halogens is 3. The van der Waals surface area contributed by atoms with E-state index in [1.165, 1.54) is 17.0 Å². The summed E-state index contributed by atoms with van der Waals surface area (Å²) in [6.45, 7) is 4.11. The van der Waals surface area contributed by atoms with Gasteiger partial charge in [0.15, 0.2) is 0 Å². The number of amides is 2. The van der Waals surface area contributed by atoms with Crippen molar-refractivity contribution in [1.29, 1.82) is 0 Å². The third kappa shape index (κ3) is 5.63. The van der Waals surface area contributed by atoms with Crippen molar-refractivity contribution in [2.45, 2.75) is 25.8 Å². The lowest BCUT2D eigenvalue weighted by Crippen LogP contribution is -2.50. The molecule has 3 heterocycles. The molecule has 198 valence electrons. The van der Waals surface area contributed by atoms with Crippen LogP contribution in [0.5, 0.6) is 0 Å². The van der Waals surface area contributed by atoms with Gasteiger partial charge in [0.25, 0.3) is 12.3 Å². The Kier molecular flexibility index (Phi) is 7.58. The molecule has 0 aliphatic carbocycles. The van der Waals surface area contributed by atoms with Gasteiger partial charge in [-0.1, -0.05) is 6.08 Å². The number of hydrogen-bond acceptors (Lipinski definition) is 5. The van der Waals surface area contributed by atoms with Gasteiger partial charge in [0.2, 0.25) is 5.56 Å². The molecule has 2 aromatic rings. The normalized spacial score (nSPS) is 18.6. The molecule has 1 atom stereocenters. The molecule has 4 rings (SSSR count). The third-order valence-corrected chi connectivity index (χ3v) is 6.90. The van der Waals surface area contributed by atoms with Crippen molar-refractivity contribution in [3.8, 4) is 0 Å². The highest BCUT2D eigenvalue weighted by molar-refractivity contribution is 6.07. The summed E-state index contributed by atoms with van der Waals surface area (Å²) in [7, 11) is 1.98. The predicted molar refractivity (Wildman–Crippen MR) is 133 cm³/mol. The maximum absolute atomic E-state index is 15.4. The molecule has 1 aromatic heterocycles. The second kappa shape index (κ2) is 10.7. The third-order valence-electron chi connectivity index (χ3n) is 6.90. The molecular formula is C25H28F3N5O4. The lowest BCUT2D eigenvalue weighted by Gasteiger charge is -2.40. The number of carbonyl (C=O) groups is 2. The summed E-state index contributed by atoms with van der Waals surface area (Å²) in [5.41, 5.74) is -0.452. The molecular weight excluding hydrogens is 491 g/mol. The molecule has 0 unspecified atom stereocenters. The van der Waals surface area contributed by atoms with Crippen molar-refractivity contribution in [3.05, 3.63) is 63.3 Å². The van der Waals surface area contributed by atoms with Crippen molar-refractivity contribution in [2.24, 2.45) is 0 Å². The Morgan fingerprint density at radius 2 is 1.95 bits per heavy atom. The van der Waals surface area contributed by atoms with Crippen molar-refractivity contribution in [1.82, 2.24) is 14.8 Å². The largest absolute Gasteiger partial charge is 0.465 e. The minimum absolute atomic E-state index is 0.0959. The van der Waals surface area contributed by atoms with E-state index in [-0.39, 0.29) is 36.8 Å². The Labute approximate surface area is 211 Å². The summed E-state index contributed by atoms with van der Waals surface area (Å²) in [6, 6.07) is 3.60. The quantitative estimate of drug-likeness (QED) is 0.557. The fourth-order valence-electron chi connectivity index (χ4n) is 4.58. The van der Waals surface area contributed by atoms with Crippen LogP contribution in [-0.4, -0.2) is 77.7 Å². The lowest BCUT2D eigenvalue weighted by atomic mass is 9.97. The highest BCUT2D eigenvalue weighted by Crippen LogP contribution is 2.36. The number of anilines is 2.